The van der Waals surface area contributed by atoms with Crippen molar-refractivity contribution in [2.45, 2.75) is 17.9 Å². The maximum absolute atomic E-state index is 13.1. The van der Waals surface area contributed by atoms with Crippen LogP contribution < -0.4 is 9.62 Å². The Hall–Kier alpha value is -2.49. The van der Waals surface area contributed by atoms with E-state index in [1.807, 2.05) is 35.2 Å². The minimum atomic E-state index is -3.96. The van der Waals surface area contributed by atoms with E-state index < -0.39 is 27.6 Å². The van der Waals surface area contributed by atoms with E-state index in [-0.39, 0.29) is 25.3 Å². The molecule has 0 aromatic heterocycles. The fraction of sp³-hybridized carbons (Fsp3) is 0.350. The molecule has 2 aromatic carbocycles. The predicted octanol–water partition coefficient (Wildman–Crippen LogP) is 1.79. The van der Waals surface area contributed by atoms with E-state index in [9.17, 15) is 22.7 Å². The summed E-state index contributed by atoms with van der Waals surface area (Å²) in [5, 5.41) is 9.73. The highest BCUT2D eigenvalue weighted by Gasteiger charge is 2.63. The highest BCUT2D eigenvalue weighted by Crippen LogP contribution is 2.52. The van der Waals surface area contributed by atoms with Crippen LogP contribution >= 0.6 is 0 Å². The van der Waals surface area contributed by atoms with Crippen LogP contribution in [-0.4, -0.2) is 55.5 Å². The molecule has 0 amide bonds. The minimum absolute atomic E-state index is 0.221. The molecular formula is C20H22FN3O4S. The number of benzene rings is 2. The second-order valence-electron chi connectivity index (χ2n) is 7.41. The molecule has 1 saturated carbocycles. The standard InChI is InChI=1S/C20H22FN3O4S/c21-16-6-8-17(9-7-16)23-10-12-24(13-11-23)29(27,28)22-20(19(25)26)14-18(20)15-4-2-1-3-5-15/h1-9,18,22H,10-14H2,(H,25,26). The van der Waals surface area contributed by atoms with E-state index in [1.54, 1.807) is 12.1 Å². The summed E-state index contributed by atoms with van der Waals surface area (Å²) in [6.07, 6.45) is 0.223. The number of nitrogens with one attached hydrogen (secondary N) is 1. The van der Waals surface area contributed by atoms with Gasteiger partial charge in [-0.25, -0.2) is 4.39 Å². The van der Waals surface area contributed by atoms with Crippen molar-refractivity contribution in [3.63, 3.8) is 0 Å². The fourth-order valence-electron chi connectivity index (χ4n) is 3.88. The summed E-state index contributed by atoms with van der Waals surface area (Å²) < 4.78 is 42.6. The molecule has 2 unspecified atom stereocenters. The van der Waals surface area contributed by atoms with Crippen molar-refractivity contribution in [2.24, 2.45) is 0 Å². The van der Waals surface area contributed by atoms with Gasteiger partial charge in [0.15, 0.2) is 0 Å². The second kappa shape index (κ2) is 7.40. The summed E-state index contributed by atoms with van der Waals surface area (Å²) in [7, 11) is -3.96. The van der Waals surface area contributed by atoms with Crippen molar-refractivity contribution in [1.29, 1.82) is 0 Å². The van der Waals surface area contributed by atoms with Gasteiger partial charge in [0.25, 0.3) is 10.2 Å². The van der Waals surface area contributed by atoms with E-state index in [4.69, 9.17) is 0 Å². The zero-order valence-electron chi connectivity index (χ0n) is 15.7. The van der Waals surface area contributed by atoms with Crippen molar-refractivity contribution in [3.05, 3.63) is 66.0 Å². The number of aliphatic carboxylic acids is 1. The molecular weight excluding hydrogens is 397 g/mol. The van der Waals surface area contributed by atoms with Gasteiger partial charge in [-0.05, 0) is 36.2 Å². The van der Waals surface area contributed by atoms with Gasteiger partial charge < -0.3 is 10.0 Å². The zero-order valence-corrected chi connectivity index (χ0v) is 16.5. The molecule has 154 valence electrons. The van der Waals surface area contributed by atoms with Crippen LogP contribution in [0.25, 0.3) is 0 Å². The average molecular weight is 419 g/mol. The number of carboxylic acids is 1. The Labute approximate surface area is 168 Å². The van der Waals surface area contributed by atoms with Gasteiger partial charge in [0.2, 0.25) is 0 Å². The predicted molar refractivity (Wildman–Crippen MR) is 106 cm³/mol. The normalized spacial score (nSPS) is 25.0. The van der Waals surface area contributed by atoms with Crippen molar-refractivity contribution in [1.82, 2.24) is 9.03 Å². The number of anilines is 1. The monoisotopic (exact) mass is 419 g/mol. The molecule has 9 heteroatoms. The van der Waals surface area contributed by atoms with Crippen LogP contribution in [0.1, 0.15) is 17.9 Å². The van der Waals surface area contributed by atoms with E-state index in [2.05, 4.69) is 4.72 Å². The van der Waals surface area contributed by atoms with Crippen molar-refractivity contribution < 1.29 is 22.7 Å². The molecule has 7 nitrogen and oxygen atoms in total. The number of nitrogens with zero attached hydrogens (tertiary/aromatic N) is 2. The second-order valence-corrected chi connectivity index (χ2v) is 9.08. The van der Waals surface area contributed by atoms with Crippen LogP contribution in [0.4, 0.5) is 10.1 Å². The first-order valence-electron chi connectivity index (χ1n) is 9.40. The molecule has 2 N–H and O–H groups in total. The summed E-state index contributed by atoms with van der Waals surface area (Å²) in [4.78, 5) is 13.9. The van der Waals surface area contributed by atoms with E-state index in [1.165, 1.54) is 16.4 Å². The molecule has 0 spiro atoms. The van der Waals surface area contributed by atoms with Crippen LogP contribution in [0.5, 0.6) is 0 Å². The topological polar surface area (TPSA) is 89.9 Å². The first-order valence-corrected chi connectivity index (χ1v) is 10.8. The lowest BCUT2D eigenvalue weighted by atomic mass is 10.1. The summed E-state index contributed by atoms with van der Waals surface area (Å²) >= 11 is 0. The van der Waals surface area contributed by atoms with E-state index in [0.717, 1.165) is 11.3 Å². The molecule has 0 radical (unpaired) electrons. The highest BCUT2D eigenvalue weighted by molar-refractivity contribution is 7.87. The third kappa shape index (κ3) is 3.85. The quantitative estimate of drug-likeness (QED) is 0.745. The Morgan fingerprint density at radius 3 is 2.24 bits per heavy atom. The Morgan fingerprint density at radius 1 is 1.03 bits per heavy atom. The Morgan fingerprint density at radius 2 is 1.66 bits per heavy atom. The van der Waals surface area contributed by atoms with E-state index in [0.29, 0.717) is 13.1 Å². The lowest BCUT2D eigenvalue weighted by molar-refractivity contribution is -0.140. The van der Waals surface area contributed by atoms with Gasteiger partial charge in [-0.3, -0.25) is 4.79 Å². The molecule has 1 aliphatic heterocycles. The van der Waals surface area contributed by atoms with Crippen LogP contribution in [0.2, 0.25) is 0 Å². The van der Waals surface area contributed by atoms with Crippen LogP contribution in [0, 0.1) is 5.82 Å². The molecule has 2 aliphatic rings. The highest BCUT2D eigenvalue weighted by atomic mass is 32.2. The SMILES string of the molecule is O=C(O)C1(NS(=O)(=O)N2CCN(c3ccc(F)cc3)CC2)CC1c1ccccc1. The average Bonchev–Trinajstić information content (AvgIpc) is 3.44. The summed E-state index contributed by atoms with van der Waals surface area (Å²) in [5.74, 6) is -1.88. The molecule has 0 bridgehead atoms. The Kier molecular flexibility index (Phi) is 5.05. The molecule has 29 heavy (non-hydrogen) atoms. The minimum Gasteiger partial charge on any atom is -0.480 e. The van der Waals surface area contributed by atoms with Gasteiger partial charge in [-0.1, -0.05) is 30.3 Å². The van der Waals surface area contributed by atoms with Crippen LogP contribution in [0.15, 0.2) is 54.6 Å². The van der Waals surface area contributed by atoms with Crippen molar-refractivity contribution in [3.8, 4) is 0 Å². The lowest BCUT2D eigenvalue weighted by Crippen LogP contribution is -2.56. The molecule has 2 atom stereocenters. The Balaban J connectivity index is 1.44. The van der Waals surface area contributed by atoms with Crippen LogP contribution in [-0.2, 0) is 15.0 Å². The summed E-state index contributed by atoms with van der Waals surface area (Å²) in [5.41, 5.74) is 0.123. The lowest BCUT2D eigenvalue weighted by Gasteiger charge is -2.36. The smallest absolute Gasteiger partial charge is 0.325 e. The third-order valence-corrected chi connectivity index (χ3v) is 7.29. The number of carbonyl (C=O) groups is 1. The van der Waals surface area contributed by atoms with Crippen molar-refractivity contribution >= 4 is 21.9 Å². The number of rotatable bonds is 6. The van der Waals surface area contributed by atoms with Gasteiger partial charge in [-0.2, -0.15) is 17.4 Å². The molecule has 2 aromatic rings. The molecule has 1 saturated heterocycles. The van der Waals surface area contributed by atoms with Gasteiger partial charge in [-0.15, -0.1) is 0 Å². The first kappa shape index (κ1) is 19.8. The molecule has 1 aliphatic carbocycles. The van der Waals surface area contributed by atoms with Crippen LogP contribution in [0.3, 0.4) is 0 Å². The number of piperazine rings is 1. The maximum atomic E-state index is 13.1. The number of carboxylic acid groups (broad SMARTS) is 1. The summed E-state index contributed by atoms with van der Waals surface area (Å²) in [6.45, 7) is 1.32. The summed E-state index contributed by atoms with van der Waals surface area (Å²) in [6, 6.07) is 15.1. The van der Waals surface area contributed by atoms with Crippen molar-refractivity contribution in [2.75, 3.05) is 31.1 Å². The molecule has 4 rings (SSSR count). The molecule has 1 heterocycles. The number of hydrogen-bond donors (Lipinski definition) is 2. The van der Waals surface area contributed by atoms with Gasteiger partial charge in [0, 0.05) is 37.8 Å². The largest absolute Gasteiger partial charge is 0.480 e. The third-order valence-electron chi connectivity index (χ3n) is 5.63. The molecule has 2 fully saturated rings. The number of hydrogen-bond acceptors (Lipinski definition) is 4. The van der Waals surface area contributed by atoms with Gasteiger partial charge in [0.1, 0.15) is 11.4 Å². The zero-order chi connectivity index (χ0) is 20.6. The first-order chi connectivity index (χ1) is 13.8. The maximum Gasteiger partial charge on any atom is 0.325 e. The number of halogens is 1. The fourth-order valence-corrected chi connectivity index (χ4v) is 5.42. The van der Waals surface area contributed by atoms with Gasteiger partial charge in [0.05, 0.1) is 0 Å². The Bertz CT molecular complexity index is 992. The van der Waals surface area contributed by atoms with E-state index >= 15 is 0 Å². The van der Waals surface area contributed by atoms with Gasteiger partial charge >= 0.3 is 5.97 Å².